The topological polar surface area (TPSA) is 0 Å². The van der Waals surface area contributed by atoms with Crippen LogP contribution in [0.15, 0.2) is 0 Å². The molecule has 0 saturated heterocycles. The number of halogens is 24. The maximum Gasteiger partial charge on any atom is 0.260 e. The molecular weight excluding hydrogens is 838 g/mol. The van der Waals surface area contributed by atoms with Gasteiger partial charge in [0.1, 0.15) is 0 Å². The fraction of sp³-hybridized carbons (Fsp3) is 0. The monoisotopic (exact) mass is 838 g/mol. The Labute approximate surface area is 291 Å². The van der Waals surface area contributed by atoms with Crippen LogP contribution in [0.3, 0.4) is 0 Å². The first-order valence-corrected chi connectivity index (χ1v) is 13.8. The predicted octanol–water partition coefficient (Wildman–Crippen LogP) is 6.06. The molecule has 0 aliphatic rings. The Morgan fingerprint density at radius 1 is 0.125 bits per heavy atom. The minimum atomic E-state index is -4.77. The Balaban J connectivity index is 2.24. The summed E-state index contributed by atoms with van der Waals surface area (Å²) in [4.78, 5) is 0. The second kappa shape index (κ2) is 14.2. The van der Waals surface area contributed by atoms with E-state index < -0.39 is 186 Å². The van der Waals surface area contributed by atoms with Crippen molar-refractivity contribution in [2.75, 3.05) is 0 Å². The molecule has 0 atom stereocenters. The Morgan fingerprint density at radius 2 is 0.214 bits per heavy atom. The van der Waals surface area contributed by atoms with Crippen LogP contribution in [-0.4, -0.2) is 13.4 Å². The van der Waals surface area contributed by atoms with Crippen LogP contribution >= 0.6 is 0 Å². The Kier molecular flexibility index (Phi) is 10.6. The lowest BCUT2D eigenvalue weighted by Crippen LogP contribution is -2.70. The highest BCUT2D eigenvalue weighted by Gasteiger charge is 2.50. The van der Waals surface area contributed by atoms with Crippen molar-refractivity contribution in [1.82, 2.24) is 0 Å². The number of hydrogen-bond donors (Lipinski definition) is 0. The van der Waals surface area contributed by atoms with E-state index in [2.05, 4.69) is 0 Å². The van der Waals surface area contributed by atoms with E-state index >= 15 is 52.7 Å². The van der Waals surface area contributed by atoms with Gasteiger partial charge in [-0.1, -0.05) is 0 Å². The van der Waals surface area contributed by atoms with Crippen LogP contribution < -0.4 is 32.8 Å². The van der Waals surface area contributed by atoms with Crippen LogP contribution in [0, 0.1) is 140 Å². The summed E-state index contributed by atoms with van der Waals surface area (Å²) in [6.07, 6.45) is 0. The van der Waals surface area contributed by atoms with Crippen LogP contribution in [-0.2, 0) is 0 Å². The van der Waals surface area contributed by atoms with Crippen LogP contribution in [0.1, 0.15) is 0 Å². The first-order chi connectivity index (χ1) is 25.9. The van der Waals surface area contributed by atoms with E-state index in [4.69, 9.17) is 0 Å². The lowest BCUT2D eigenvalue weighted by molar-refractivity contribution is 0.382. The SMILES string of the molecule is Fc1c(F)c(F)c(B(c2c(F)c(F)c(F)c(F)c2F)c2c(F)c(F)c(F)c(F)c2B(c2c(F)c(F)c(F)c(F)c2F)c2c(F)c(F)c(F)c(F)c2F)c(F)c1F. The molecule has 56 heavy (non-hydrogen) atoms. The highest BCUT2D eigenvalue weighted by atomic mass is 19.2. The fourth-order valence-corrected chi connectivity index (χ4v) is 5.60. The number of benzene rings is 5. The zero-order valence-corrected chi connectivity index (χ0v) is 25.2. The molecule has 0 bridgehead atoms. The summed E-state index contributed by atoms with van der Waals surface area (Å²) in [5, 5.41) is 0. The van der Waals surface area contributed by atoms with Crippen LogP contribution in [0.25, 0.3) is 0 Å². The van der Waals surface area contributed by atoms with E-state index in [9.17, 15) is 52.7 Å². The van der Waals surface area contributed by atoms with E-state index in [-0.39, 0.29) is 0 Å². The minimum absolute atomic E-state index is 3.25. The van der Waals surface area contributed by atoms with Gasteiger partial charge in [-0.3, -0.25) is 0 Å². The largest absolute Gasteiger partial charge is 0.260 e. The second-order valence-electron chi connectivity index (χ2n) is 10.9. The normalized spacial score (nSPS) is 11.6. The van der Waals surface area contributed by atoms with Crippen molar-refractivity contribution in [1.29, 1.82) is 0 Å². The summed E-state index contributed by atoms with van der Waals surface area (Å²) in [6.45, 7) is -9.54. The molecule has 26 heteroatoms. The molecule has 5 rings (SSSR count). The lowest BCUT2D eigenvalue weighted by atomic mass is 9.27. The third-order valence-corrected chi connectivity index (χ3v) is 8.05. The molecular formula is C30B2F24. The van der Waals surface area contributed by atoms with Gasteiger partial charge in [-0.05, 0) is 10.9 Å². The van der Waals surface area contributed by atoms with Crippen molar-refractivity contribution in [2.24, 2.45) is 0 Å². The molecule has 0 radical (unpaired) electrons. The molecule has 0 aromatic heterocycles. The van der Waals surface area contributed by atoms with Crippen molar-refractivity contribution in [3.05, 3.63) is 140 Å². The summed E-state index contributed by atoms with van der Waals surface area (Å²) >= 11 is 0. The Bertz CT molecular complexity index is 2120. The lowest BCUT2D eigenvalue weighted by Gasteiger charge is -2.27. The quantitative estimate of drug-likeness (QED) is 0.0846. The van der Waals surface area contributed by atoms with Crippen LogP contribution in [0.4, 0.5) is 105 Å². The predicted molar refractivity (Wildman–Crippen MR) is 141 cm³/mol. The van der Waals surface area contributed by atoms with Crippen LogP contribution in [0.5, 0.6) is 0 Å². The van der Waals surface area contributed by atoms with E-state index in [1.165, 1.54) is 0 Å². The third kappa shape index (κ3) is 5.72. The number of hydrogen-bond acceptors (Lipinski definition) is 0. The maximum atomic E-state index is 16.1. The van der Waals surface area contributed by atoms with Gasteiger partial charge in [-0.15, -0.1) is 0 Å². The average Bonchev–Trinajstić information content (AvgIpc) is 3.17. The van der Waals surface area contributed by atoms with E-state index in [0.717, 1.165) is 0 Å². The second-order valence-corrected chi connectivity index (χ2v) is 10.9. The number of rotatable bonds is 6. The van der Waals surface area contributed by atoms with Gasteiger partial charge in [0.25, 0.3) is 13.4 Å². The zero-order valence-electron chi connectivity index (χ0n) is 25.2. The van der Waals surface area contributed by atoms with Gasteiger partial charge in [0.05, 0.1) is 0 Å². The molecule has 5 aromatic rings. The summed E-state index contributed by atoms with van der Waals surface area (Å²) < 4.78 is 357. The minimum Gasteiger partial charge on any atom is -0.204 e. The van der Waals surface area contributed by atoms with Gasteiger partial charge >= 0.3 is 0 Å². The van der Waals surface area contributed by atoms with Gasteiger partial charge in [-0.25, -0.2) is 105 Å². The van der Waals surface area contributed by atoms with Crippen molar-refractivity contribution in [2.45, 2.75) is 0 Å². The summed E-state index contributed by atoms with van der Waals surface area (Å²) in [6, 6.07) is 0. The van der Waals surface area contributed by atoms with E-state index in [1.54, 1.807) is 0 Å². The fourth-order valence-electron chi connectivity index (χ4n) is 5.60. The molecule has 0 heterocycles. The molecule has 5 aromatic carbocycles. The average molecular weight is 838 g/mol. The van der Waals surface area contributed by atoms with Gasteiger partial charge in [0, 0.05) is 21.9 Å². The van der Waals surface area contributed by atoms with Crippen molar-refractivity contribution < 1.29 is 105 Å². The summed E-state index contributed by atoms with van der Waals surface area (Å²) in [5.74, 6) is -83.5. The molecule has 0 saturated carbocycles. The zero-order chi connectivity index (χ0) is 42.5. The standard InChI is InChI=1S/C30B2F24/c33-7-1(31(3-9(35)19(45)27(53)20(46)10(3)36)4-11(37)21(47)28(54)22(48)12(4)38)2(8(34)18(44)17(7)43)32(5-13(39)23(49)29(55)24(50)14(5)40)6-15(41)25(51)30(56)26(52)16(6)42. The first kappa shape index (κ1) is 41.7. The first-order valence-electron chi connectivity index (χ1n) is 13.8. The molecule has 294 valence electrons. The molecule has 0 N–H and O–H groups in total. The highest BCUT2D eigenvalue weighted by molar-refractivity contribution is 7.04. The van der Waals surface area contributed by atoms with Crippen molar-refractivity contribution in [3.63, 3.8) is 0 Å². The van der Waals surface area contributed by atoms with Gasteiger partial charge < -0.3 is 0 Å². The van der Waals surface area contributed by atoms with E-state index in [1.807, 2.05) is 0 Å². The van der Waals surface area contributed by atoms with Gasteiger partial charge in [0.2, 0.25) is 0 Å². The van der Waals surface area contributed by atoms with Gasteiger partial charge in [-0.2, -0.15) is 0 Å². The molecule has 0 aliphatic carbocycles. The summed E-state index contributed by atoms with van der Waals surface area (Å²) in [7, 11) is 0. The van der Waals surface area contributed by atoms with Crippen molar-refractivity contribution >= 4 is 46.2 Å². The molecule has 0 aliphatic heterocycles. The highest BCUT2D eigenvalue weighted by Crippen LogP contribution is 2.25. The van der Waals surface area contributed by atoms with E-state index in [0.29, 0.717) is 0 Å². The molecule has 0 fully saturated rings. The Morgan fingerprint density at radius 3 is 0.339 bits per heavy atom. The molecule has 0 nitrogen and oxygen atoms in total. The smallest absolute Gasteiger partial charge is 0.204 e. The van der Waals surface area contributed by atoms with Gasteiger partial charge in [0.15, 0.2) is 140 Å². The van der Waals surface area contributed by atoms with Crippen LogP contribution in [0.2, 0.25) is 0 Å². The third-order valence-electron chi connectivity index (χ3n) is 8.05. The summed E-state index contributed by atoms with van der Waals surface area (Å²) in [5.41, 5.74) is -19.7. The maximum absolute atomic E-state index is 16.1. The van der Waals surface area contributed by atoms with Crippen molar-refractivity contribution in [3.8, 4) is 0 Å². The molecule has 0 spiro atoms. The Hall–Kier alpha value is -5.45. The molecule has 0 amide bonds. The molecule has 0 unspecified atom stereocenters.